The van der Waals surface area contributed by atoms with Crippen molar-refractivity contribution < 1.29 is 4.39 Å². The Balaban J connectivity index is 2.60. The van der Waals surface area contributed by atoms with Gasteiger partial charge in [-0.05, 0) is 26.0 Å². The molecule has 1 rings (SSSR count). The quantitative estimate of drug-likeness (QED) is 0.665. The van der Waals surface area contributed by atoms with Gasteiger partial charge in [-0.25, -0.2) is 4.39 Å². The maximum atomic E-state index is 13.5. The van der Waals surface area contributed by atoms with Crippen LogP contribution in [0.1, 0.15) is 19.4 Å². The van der Waals surface area contributed by atoms with Gasteiger partial charge in [0.25, 0.3) is 0 Å². The number of aliphatic imine (C=N–C) groups is 1. The summed E-state index contributed by atoms with van der Waals surface area (Å²) in [6, 6.07) is 5.31. The van der Waals surface area contributed by atoms with Gasteiger partial charge in [-0.1, -0.05) is 22.0 Å². The van der Waals surface area contributed by atoms with Crippen molar-refractivity contribution in [2.45, 2.75) is 26.4 Å². The molecule has 3 nitrogen and oxygen atoms in total. The van der Waals surface area contributed by atoms with Gasteiger partial charge in [-0.2, -0.15) is 0 Å². The third kappa shape index (κ3) is 4.73. The van der Waals surface area contributed by atoms with E-state index in [1.54, 1.807) is 13.1 Å². The topological polar surface area (TPSA) is 36.4 Å². The summed E-state index contributed by atoms with van der Waals surface area (Å²) in [6.07, 6.45) is 0. The SMILES string of the molecule is CN=C(NCc1ccc(Br)cc1F)NC(C)C. The van der Waals surface area contributed by atoms with E-state index in [1.807, 2.05) is 19.9 Å². The van der Waals surface area contributed by atoms with Gasteiger partial charge in [0.1, 0.15) is 5.82 Å². The predicted molar refractivity (Wildman–Crippen MR) is 72.6 cm³/mol. The molecule has 5 heteroatoms. The van der Waals surface area contributed by atoms with Crippen LogP contribution in [-0.2, 0) is 6.54 Å². The first-order chi connectivity index (χ1) is 8.02. The second kappa shape index (κ2) is 6.59. The Morgan fingerprint density at radius 3 is 2.71 bits per heavy atom. The fourth-order valence-corrected chi connectivity index (χ4v) is 1.65. The molecule has 0 saturated carbocycles. The van der Waals surface area contributed by atoms with Crippen LogP contribution in [0, 0.1) is 5.82 Å². The highest BCUT2D eigenvalue weighted by Crippen LogP contribution is 2.14. The number of benzene rings is 1. The molecule has 0 aliphatic rings. The van der Waals surface area contributed by atoms with Gasteiger partial charge < -0.3 is 10.6 Å². The van der Waals surface area contributed by atoms with Crippen molar-refractivity contribution in [3.05, 3.63) is 34.1 Å². The summed E-state index contributed by atoms with van der Waals surface area (Å²) in [5.74, 6) is 0.439. The van der Waals surface area contributed by atoms with E-state index in [-0.39, 0.29) is 11.9 Å². The second-order valence-electron chi connectivity index (χ2n) is 3.96. The molecule has 0 spiro atoms. The summed E-state index contributed by atoms with van der Waals surface area (Å²) < 4.78 is 14.3. The van der Waals surface area contributed by atoms with Crippen molar-refractivity contribution in [2.24, 2.45) is 4.99 Å². The van der Waals surface area contributed by atoms with E-state index in [2.05, 4.69) is 31.6 Å². The first-order valence-corrected chi connectivity index (χ1v) is 6.23. The van der Waals surface area contributed by atoms with Gasteiger partial charge in [-0.15, -0.1) is 0 Å². The minimum absolute atomic E-state index is 0.230. The molecule has 0 fully saturated rings. The molecule has 1 aromatic carbocycles. The van der Waals surface area contributed by atoms with Crippen molar-refractivity contribution in [1.29, 1.82) is 0 Å². The van der Waals surface area contributed by atoms with Crippen LogP contribution in [0.2, 0.25) is 0 Å². The van der Waals surface area contributed by atoms with Crippen LogP contribution in [0.15, 0.2) is 27.7 Å². The van der Waals surface area contributed by atoms with Gasteiger partial charge in [0, 0.05) is 29.7 Å². The fraction of sp³-hybridized carbons (Fsp3) is 0.417. The monoisotopic (exact) mass is 301 g/mol. The maximum Gasteiger partial charge on any atom is 0.191 e. The third-order valence-electron chi connectivity index (χ3n) is 2.11. The Labute approximate surface area is 110 Å². The van der Waals surface area contributed by atoms with Crippen LogP contribution in [0.4, 0.5) is 4.39 Å². The molecular weight excluding hydrogens is 285 g/mol. The average molecular weight is 302 g/mol. The summed E-state index contributed by atoms with van der Waals surface area (Å²) in [4.78, 5) is 4.05. The Kier molecular flexibility index (Phi) is 5.41. The smallest absolute Gasteiger partial charge is 0.191 e. The van der Waals surface area contributed by atoms with E-state index in [4.69, 9.17) is 0 Å². The zero-order valence-corrected chi connectivity index (χ0v) is 11.8. The highest BCUT2D eigenvalue weighted by molar-refractivity contribution is 9.10. The Morgan fingerprint density at radius 1 is 1.47 bits per heavy atom. The number of nitrogens with zero attached hydrogens (tertiary/aromatic N) is 1. The molecular formula is C12H17BrFN3. The van der Waals surface area contributed by atoms with Crippen LogP contribution in [0.5, 0.6) is 0 Å². The number of guanidine groups is 1. The molecule has 0 aliphatic carbocycles. The molecule has 1 aromatic rings. The number of nitrogens with one attached hydrogen (secondary N) is 2. The van der Waals surface area contributed by atoms with Gasteiger partial charge >= 0.3 is 0 Å². The minimum Gasteiger partial charge on any atom is -0.354 e. The summed E-state index contributed by atoms with van der Waals surface area (Å²) in [5.41, 5.74) is 0.611. The van der Waals surface area contributed by atoms with E-state index in [0.29, 0.717) is 18.1 Å². The molecule has 0 atom stereocenters. The number of hydrogen-bond donors (Lipinski definition) is 2. The molecule has 0 amide bonds. The van der Waals surface area contributed by atoms with Crippen molar-refractivity contribution >= 4 is 21.9 Å². The Hall–Kier alpha value is -1.10. The number of hydrogen-bond acceptors (Lipinski definition) is 1. The van der Waals surface area contributed by atoms with Gasteiger partial charge in [0.15, 0.2) is 5.96 Å². The lowest BCUT2D eigenvalue weighted by Crippen LogP contribution is -2.40. The summed E-state index contributed by atoms with van der Waals surface area (Å²) >= 11 is 3.23. The summed E-state index contributed by atoms with van der Waals surface area (Å²) in [6.45, 7) is 4.45. The molecule has 0 radical (unpaired) electrons. The van der Waals surface area contributed by atoms with Crippen molar-refractivity contribution in [3.63, 3.8) is 0 Å². The van der Waals surface area contributed by atoms with E-state index in [0.717, 1.165) is 4.47 Å². The number of rotatable bonds is 3. The zero-order chi connectivity index (χ0) is 12.8. The number of halogens is 2. The van der Waals surface area contributed by atoms with Crippen LogP contribution >= 0.6 is 15.9 Å². The average Bonchev–Trinajstić information content (AvgIpc) is 2.25. The van der Waals surface area contributed by atoms with Crippen molar-refractivity contribution in [3.8, 4) is 0 Å². The van der Waals surface area contributed by atoms with Crippen LogP contribution in [0.3, 0.4) is 0 Å². The first-order valence-electron chi connectivity index (χ1n) is 5.44. The van der Waals surface area contributed by atoms with Crippen molar-refractivity contribution in [1.82, 2.24) is 10.6 Å². The molecule has 0 aliphatic heterocycles. The molecule has 0 bridgehead atoms. The van der Waals surface area contributed by atoms with E-state index >= 15 is 0 Å². The lowest BCUT2D eigenvalue weighted by atomic mass is 10.2. The lowest BCUT2D eigenvalue weighted by Gasteiger charge is -2.14. The molecule has 17 heavy (non-hydrogen) atoms. The van der Waals surface area contributed by atoms with Crippen LogP contribution in [0.25, 0.3) is 0 Å². The molecule has 0 heterocycles. The van der Waals surface area contributed by atoms with Gasteiger partial charge in [0.05, 0.1) is 0 Å². The molecule has 0 aromatic heterocycles. The largest absolute Gasteiger partial charge is 0.354 e. The lowest BCUT2D eigenvalue weighted by molar-refractivity contribution is 0.602. The predicted octanol–water partition coefficient (Wildman–Crippen LogP) is 2.66. The van der Waals surface area contributed by atoms with E-state index < -0.39 is 0 Å². The van der Waals surface area contributed by atoms with E-state index in [1.165, 1.54) is 6.07 Å². The van der Waals surface area contributed by atoms with Gasteiger partial charge in [0.2, 0.25) is 0 Å². The maximum absolute atomic E-state index is 13.5. The van der Waals surface area contributed by atoms with E-state index in [9.17, 15) is 4.39 Å². The highest BCUT2D eigenvalue weighted by Gasteiger charge is 2.04. The Morgan fingerprint density at radius 2 is 2.18 bits per heavy atom. The molecule has 2 N–H and O–H groups in total. The first kappa shape index (κ1) is 14.0. The summed E-state index contributed by atoms with van der Waals surface area (Å²) in [5, 5.41) is 6.20. The molecule has 0 saturated heterocycles. The third-order valence-corrected chi connectivity index (χ3v) is 2.60. The molecule has 94 valence electrons. The van der Waals surface area contributed by atoms with Crippen LogP contribution < -0.4 is 10.6 Å². The molecule has 0 unspecified atom stereocenters. The Bertz CT molecular complexity index is 405. The highest BCUT2D eigenvalue weighted by atomic mass is 79.9. The summed E-state index contributed by atoms with van der Waals surface area (Å²) in [7, 11) is 1.69. The normalized spacial score (nSPS) is 11.8. The standard InChI is InChI=1S/C12H17BrFN3/c1-8(2)17-12(15-3)16-7-9-4-5-10(13)6-11(9)14/h4-6,8H,7H2,1-3H3,(H2,15,16,17). The van der Waals surface area contributed by atoms with Gasteiger partial charge in [-0.3, -0.25) is 4.99 Å². The van der Waals surface area contributed by atoms with Crippen LogP contribution in [-0.4, -0.2) is 19.0 Å². The minimum atomic E-state index is -0.230. The zero-order valence-electron chi connectivity index (χ0n) is 10.2. The van der Waals surface area contributed by atoms with Crippen molar-refractivity contribution in [2.75, 3.05) is 7.05 Å². The second-order valence-corrected chi connectivity index (χ2v) is 4.88. The fourth-order valence-electron chi connectivity index (χ4n) is 1.31.